The second-order valence-corrected chi connectivity index (χ2v) is 10.1. The molecule has 1 unspecified atom stereocenters. The molecule has 33 heavy (non-hydrogen) atoms. The summed E-state index contributed by atoms with van der Waals surface area (Å²) in [6.45, 7) is 1.97. The van der Waals surface area contributed by atoms with E-state index in [9.17, 15) is 26.4 Å². The predicted molar refractivity (Wildman–Crippen MR) is 117 cm³/mol. The molecular weight excluding hydrogens is 457 g/mol. The number of nitrogens with one attached hydrogen (secondary N) is 1. The number of alkyl halides is 3. The van der Waals surface area contributed by atoms with E-state index in [1.54, 1.807) is 12.1 Å². The fourth-order valence-corrected chi connectivity index (χ4v) is 5.48. The lowest BCUT2D eigenvalue weighted by Gasteiger charge is -2.25. The van der Waals surface area contributed by atoms with Crippen molar-refractivity contribution >= 4 is 20.9 Å². The minimum absolute atomic E-state index is 0.0656. The molecule has 1 saturated heterocycles. The van der Waals surface area contributed by atoms with E-state index in [0.29, 0.717) is 24.6 Å². The molecule has 2 heterocycles. The Morgan fingerprint density at radius 1 is 1.15 bits per heavy atom. The number of para-hydroxylation sites is 1. The van der Waals surface area contributed by atoms with Crippen molar-refractivity contribution in [1.29, 1.82) is 0 Å². The summed E-state index contributed by atoms with van der Waals surface area (Å²) < 4.78 is 73.0. The zero-order valence-corrected chi connectivity index (χ0v) is 18.7. The zero-order valence-electron chi connectivity index (χ0n) is 17.9. The van der Waals surface area contributed by atoms with Crippen molar-refractivity contribution in [3.8, 4) is 0 Å². The number of pyridine rings is 1. The number of aromatic nitrogens is 1. The number of benzene rings is 2. The summed E-state index contributed by atoms with van der Waals surface area (Å²) in [5.41, 5.74) is 0.205. The van der Waals surface area contributed by atoms with Gasteiger partial charge in [-0.2, -0.15) is 17.5 Å². The number of aryl methyl sites for hydroxylation is 1. The molecule has 176 valence electrons. The topological polar surface area (TPSA) is 79.5 Å². The van der Waals surface area contributed by atoms with E-state index in [1.807, 2.05) is 19.1 Å². The number of ether oxygens (including phenoxy) is 1. The smallest absolute Gasteiger partial charge is 0.377 e. The Morgan fingerprint density at radius 2 is 1.91 bits per heavy atom. The molecule has 1 aliphatic heterocycles. The standard InChI is InChI=1S/C23H23F3N2O4S/c1-15-5-2-6-16-11-17(22(29)27-21(15)16)13-28(14-19-8-4-10-32-19)33(30,31)20-9-3-7-18(12-20)23(24,25)26/h2-3,5-7,9,11-12,19H,4,8,10,13-14H2,1H3,(H,27,29). The number of fused-ring (bicyclic) bond motifs is 1. The molecule has 0 bridgehead atoms. The lowest BCUT2D eigenvalue weighted by Crippen LogP contribution is -2.38. The van der Waals surface area contributed by atoms with E-state index < -0.39 is 38.3 Å². The van der Waals surface area contributed by atoms with Gasteiger partial charge in [0.1, 0.15) is 0 Å². The molecule has 2 aromatic carbocycles. The highest BCUT2D eigenvalue weighted by atomic mass is 32.2. The maximum Gasteiger partial charge on any atom is 0.416 e. The van der Waals surface area contributed by atoms with Crippen molar-refractivity contribution in [1.82, 2.24) is 9.29 Å². The summed E-state index contributed by atoms with van der Waals surface area (Å²) in [4.78, 5) is 15.1. The molecule has 0 saturated carbocycles. The van der Waals surface area contributed by atoms with E-state index in [4.69, 9.17) is 4.74 Å². The number of halogens is 3. The van der Waals surface area contributed by atoms with Gasteiger partial charge >= 0.3 is 6.18 Å². The van der Waals surface area contributed by atoms with Gasteiger partial charge in [-0.3, -0.25) is 4.79 Å². The van der Waals surface area contributed by atoms with Crippen molar-refractivity contribution in [2.75, 3.05) is 13.2 Å². The third kappa shape index (κ3) is 4.97. The first-order valence-corrected chi connectivity index (χ1v) is 11.9. The maximum absolute atomic E-state index is 13.4. The fourth-order valence-electron chi connectivity index (χ4n) is 3.98. The minimum Gasteiger partial charge on any atom is -0.377 e. The number of hydrogen-bond acceptors (Lipinski definition) is 4. The van der Waals surface area contributed by atoms with Crippen molar-refractivity contribution in [3.05, 3.63) is 75.6 Å². The van der Waals surface area contributed by atoms with Gasteiger partial charge in [-0.05, 0) is 55.0 Å². The van der Waals surface area contributed by atoms with Gasteiger partial charge in [-0.1, -0.05) is 24.3 Å². The highest BCUT2D eigenvalue weighted by Gasteiger charge is 2.34. The second kappa shape index (κ2) is 8.92. The summed E-state index contributed by atoms with van der Waals surface area (Å²) >= 11 is 0. The van der Waals surface area contributed by atoms with E-state index in [2.05, 4.69) is 4.98 Å². The highest BCUT2D eigenvalue weighted by Crippen LogP contribution is 2.32. The van der Waals surface area contributed by atoms with E-state index in [1.165, 1.54) is 0 Å². The van der Waals surface area contributed by atoms with Crippen LogP contribution < -0.4 is 5.56 Å². The Morgan fingerprint density at radius 3 is 2.61 bits per heavy atom. The normalized spacial score (nSPS) is 17.2. The van der Waals surface area contributed by atoms with E-state index in [-0.39, 0.29) is 18.7 Å². The average molecular weight is 481 g/mol. The minimum atomic E-state index is -4.68. The van der Waals surface area contributed by atoms with Gasteiger partial charge in [0.05, 0.1) is 22.1 Å². The Bertz CT molecular complexity index is 1330. The van der Waals surface area contributed by atoms with Gasteiger partial charge in [0.25, 0.3) is 5.56 Å². The molecule has 1 fully saturated rings. The Kier molecular flexibility index (Phi) is 6.35. The summed E-state index contributed by atoms with van der Waals surface area (Å²) in [6.07, 6.45) is -3.69. The molecule has 10 heteroatoms. The molecule has 0 aliphatic carbocycles. The fraction of sp³-hybridized carbons (Fsp3) is 0.348. The molecule has 1 aromatic heterocycles. The molecule has 6 nitrogen and oxygen atoms in total. The molecule has 0 radical (unpaired) electrons. The number of nitrogens with zero attached hydrogens (tertiary/aromatic N) is 1. The molecule has 4 rings (SSSR count). The lowest BCUT2D eigenvalue weighted by atomic mass is 10.1. The van der Waals surface area contributed by atoms with Crippen molar-refractivity contribution < 1.29 is 26.3 Å². The quantitative estimate of drug-likeness (QED) is 0.573. The summed E-state index contributed by atoms with van der Waals surface area (Å²) in [5.74, 6) is 0. The summed E-state index contributed by atoms with van der Waals surface area (Å²) in [7, 11) is -4.35. The van der Waals surface area contributed by atoms with Crippen LogP contribution in [0.5, 0.6) is 0 Å². The van der Waals surface area contributed by atoms with E-state index in [0.717, 1.165) is 39.9 Å². The number of aromatic amines is 1. The van der Waals surface area contributed by atoms with E-state index >= 15 is 0 Å². The highest BCUT2D eigenvalue weighted by molar-refractivity contribution is 7.89. The molecule has 1 atom stereocenters. The van der Waals surface area contributed by atoms with Gasteiger partial charge in [-0.15, -0.1) is 0 Å². The van der Waals surface area contributed by atoms with Crippen LogP contribution in [0.4, 0.5) is 13.2 Å². The van der Waals surface area contributed by atoms with Crippen LogP contribution in [0.25, 0.3) is 10.9 Å². The number of sulfonamides is 1. The van der Waals surface area contributed by atoms with Crippen LogP contribution in [0.1, 0.15) is 29.5 Å². The summed E-state index contributed by atoms with van der Waals surface area (Å²) in [6, 6.07) is 10.7. The Balaban J connectivity index is 1.75. The van der Waals surface area contributed by atoms with Crippen LogP contribution >= 0.6 is 0 Å². The van der Waals surface area contributed by atoms with Crippen LogP contribution in [-0.2, 0) is 27.5 Å². The first-order valence-electron chi connectivity index (χ1n) is 10.5. The molecular formula is C23H23F3N2O4S. The first-order chi connectivity index (χ1) is 15.6. The number of H-pyrrole nitrogens is 1. The van der Waals surface area contributed by atoms with Crippen LogP contribution in [0.15, 0.2) is 58.2 Å². The van der Waals surface area contributed by atoms with Crippen LogP contribution in [0.3, 0.4) is 0 Å². The van der Waals surface area contributed by atoms with Crippen molar-refractivity contribution in [2.24, 2.45) is 0 Å². The Labute approximate surface area is 189 Å². The number of hydrogen-bond donors (Lipinski definition) is 1. The largest absolute Gasteiger partial charge is 0.416 e. The number of rotatable bonds is 6. The third-order valence-electron chi connectivity index (χ3n) is 5.74. The second-order valence-electron chi connectivity index (χ2n) is 8.12. The van der Waals surface area contributed by atoms with Gasteiger partial charge in [0, 0.05) is 25.3 Å². The van der Waals surface area contributed by atoms with Crippen LogP contribution in [0.2, 0.25) is 0 Å². The molecule has 3 aromatic rings. The Hall–Kier alpha value is -2.69. The van der Waals surface area contributed by atoms with Gasteiger partial charge < -0.3 is 9.72 Å². The van der Waals surface area contributed by atoms with Crippen LogP contribution in [-0.4, -0.2) is 37.0 Å². The van der Waals surface area contributed by atoms with Crippen molar-refractivity contribution in [2.45, 2.75) is 43.5 Å². The molecule has 0 amide bonds. The van der Waals surface area contributed by atoms with Gasteiger partial charge in [0.2, 0.25) is 10.0 Å². The van der Waals surface area contributed by atoms with Crippen molar-refractivity contribution in [3.63, 3.8) is 0 Å². The van der Waals surface area contributed by atoms with Gasteiger partial charge in [0.15, 0.2) is 0 Å². The maximum atomic E-state index is 13.4. The molecule has 0 spiro atoms. The zero-order chi connectivity index (χ0) is 23.8. The van der Waals surface area contributed by atoms with Gasteiger partial charge in [-0.25, -0.2) is 8.42 Å². The monoisotopic (exact) mass is 480 g/mol. The predicted octanol–water partition coefficient (Wildman–Crippen LogP) is 4.23. The molecule has 1 N–H and O–H groups in total. The SMILES string of the molecule is Cc1cccc2cc(CN(CC3CCCO3)S(=O)(=O)c3cccc(C(F)(F)F)c3)c(=O)[nH]c12. The third-order valence-corrected chi connectivity index (χ3v) is 7.55. The first kappa shape index (κ1) is 23.5. The average Bonchev–Trinajstić information content (AvgIpc) is 3.27. The van der Waals surface area contributed by atoms with Crippen LogP contribution in [0, 0.1) is 6.92 Å². The molecule has 1 aliphatic rings. The lowest BCUT2D eigenvalue weighted by molar-refractivity contribution is -0.137. The summed E-state index contributed by atoms with van der Waals surface area (Å²) in [5, 5.41) is 0.734.